The highest BCUT2D eigenvalue weighted by atomic mass is 16.3. The molecule has 4 rings (SSSR count). The number of aromatic nitrogens is 1. The van der Waals surface area contributed by atoms with Gasteiger partial charge in [0.15, 0.2) is 0 Å². The van der Waals surface area contributed by atoms with Gasteiger partial charge in [0.2, 0.25) is 5.88 Å². The first-order valence-corrected chi connectivity index (χ1v) is 10.3. The van der Waals surface area contributed by atoms with Gasteiger partial charge in [-0.25, -0.2) is 4.57 Å². The number of hydrogen-bond donors (Lipinski definition) is 1. The SMILES string of the molecule is Cc1cc(C)c(N=Cc2c(O)n(-c3ccc(C)c(C)c3)c(=O)c3ccccc23)c(C)c1. The Hall–Kier alpha value is -3.66. The Morgan fingerprint density at radius 2 is 1.45 bits per heavy atom. The second-order valence-electron chi connectivity index (χ2n) is 8.20. The summed E-state index contributed by atoms with van der Waals surface area (Å²) in [5, 5.41) is 12.4. The lowest BCUT2D eigenvalue weighted by Crippen LogP contribution is -2.20. The standard InChI is InChI=1S/C27H26N2O2/c1-16-12-19(4)25(20(5)13-16)28-15-24-22-8-6-7-9-23(22)26(30)29(27(24)31)21-11-10-17(2)18(3)14-21/h6-15,31H,1-5H3. The first kappa shape index (κ1) is 20.6. The van der Waals surface area contributed by atoms with E-state index in [1.165, 1.54) is 10.1 Å². The lowest BCUT2D eigenvalue weighted by Gasteiger charge is -2.15. The summed E-state index contributed by atoms with van der Waals surface area (Å²) in [5.74, 6) is -0.113. The molecule has 0 aliphatic carbocycles. The molecule has 3 aromatic carbocycles. The highest BCUT2D eigenvalue weighted by Gasteiger charge is 2.17. The second kappa shape index (κ2) is 7.88. The minimum Gasteiger partial charge on any atom is -0.494 e. The summed E-state index contributed by atoms with van der Waals surface area (Å²) >= 11 is 0. The van der Waals surface area contributed by atoms with Crippen molar-refractivity contribution in [2.24, 2.45) is 4.99 Å². The Bertz CT molecular complexity index is 1390. The Morgan fingerprint density at radius 1 is 0.806 bits per heavy atom. The number of fused-ring (bicyclic) bond motifs is 1. The third-order valence-electron chi connectivity index (χ3n) is 5.81. The molecule has 0 fully saturated rings. The average molecular weight is 411 g/mol. The van der Waals surface area contributed by atoms with Crippen molar-refractivity contribution >= 4 is 22.7 Å². The van der Waals surface area contributed by atoms with E-state index in [0.29, 0.717) is 22.0 Å². The number of aliphatic imine (C=N–C) groups is 1. The lowest BCUT2D eigenvalue weighted by atomic mass is 10.0. The van der Waals surface area contributed by atoms with Crippen LogP contribution >= 0.6 is 0 Å². The third-order valence-corrected chi connectivity index (χ3v) is 5.81. The largest absolute Gasteiger partial charge is 0.494 e. The molecule has 0 spiro atoms. The minimum atomic E-state index is -0.254. The van der Waals surface area contributed by atoms with E-state index in [2.05, 4.69) is 19.1 Å². The van der Waals surface area contributed by atoms with Crippen LogP contribution < -0.4 is 5.56 Å². The first-order valence-electron chi connectivity index (χ1n) is 10.3. The van der Waals surface area contributed by atoms with Crippen LogP contribution in [-0.2, 0) is 0 Å². The molecule has 156 valence electrons. The molecule has 1 N–H and O–H groups in total. The fourth-order valence-corrected chi connectivity index (χ4v) is 4.10. The lowest BCUT2D eigenvalue weighted by molar-refractivity contribution is 0.436. The number of aromatic hydroxyl groups is 1. The minimum absolute atomic E-state index is 0.113. The molecule has 0 saturated heterocycles. The molecule has 0 radical (unpaired) electrons. The molecular weight excluding hydrogens is 384 g/mol. The molecule has 0 aliphatic rings. The number of hydrogen-bond acceptors (Lipinski definition) is 3. The zero-order chi connectivity index (χ0) is 22.3. The van der Waals surface area contributed by atoms with Crippen molar-refractivity contribution in [1.82, 2.24) is 4.57 Å². The molecule has 0 unspecified atom stereocenters. The van der Waals surface area contributed by atoms with Crippen molar-refractivity contribution in [3.05, 3.63) is 98.3 Å². The Morgan fingerprint density at radius 3 is 2.10 bits per heavy atom. The highest BCUT2D eigenvalue weighted by molar-refractivity contribution is 6.02. The first-order chi connectivity index (χ1) is 14.8. The molecule has 1 heterocycles. The molecule has 4 aromatic rings. The molecule has 0 atom stereocenters. The van der Waals surface area contributed by atoms with Gasteiger partial charge in [-0.3, -0.25) is 9.79 Å². The van der Waals surface area contributed by atoms with Gasteiger partial charge in [0, 0.05) is 17.0 Å². The summed E-state index contributed by atoms with van der Waals surface area (Å²) in [4.78, 5) is 18.0. The number of aryl methyl sites for hydroxylation is 5. The van der Waals surface area contributed by atoms with Gasteiger partial charge in [0.1, 0.15) is 0 Å². The van der Waals surface area contributed by atoms with E-state index in [9.17, 15) is 9.90 Å². The molecule has 4 nitrogen and oxygen atoms in total. The van der Waals surface area contributed by atoms with Crippen LogP contribution in [0.4, 0.5) is 5.69 Å². The fraction of sp³-hybridized carbons (Fsp3) is 0.185. The summed E-state index contributed by atoms with van der Waals surface area (Å²) in [7, 11) is 0. The number of rotatable bonds is 3. The smallest absolute Gasteiger partial charge is 0.265 e. The van der Waals surface area contributed by atoms with Crippen LogP contribution in [-0.4, -0.2) is 15.9 Å². The van der Waals surface area contributed by atoms with Crippen LogP contribution in [0.1, 0.15) is 33.4 Å². The predicted octanol–water partition coefficient (Wildman–Crippen LogP) is 5.99. The van der Waals surface area contributed by atoms with E-state index >= 15 is 0 Å². The summed E-state index contributed by atoms with van der Waals surface area (Å²) in [6, 6.07) is 17.2. The van der Waals surface area contributed by atoms with Crippen LogP contribution in [0.15, 0.2) is 64.4 Å². The number of benzene rings is 3. The predicted molar refractivity (Wildman–Crippen MR) is 129 cm³/mol. The number of nitrogens with zero attached hydrogens (tertiary/aromatic N) is 2. The zero-order valence-electron chi connectivity index (χ0n) is 18.5. The molecule has 0 saturated carbocycles. The van der Waals surface area contributed by atoms with E-state index in [1.54, 1.807) is 12.3 Å². The maximum Gasteiger partial charge on any atom is 0.265 e. The summed E-state index contributed by atoms with van der Waals surface area (Å²) in [6.45, 7) is 10.1. The summed E-state index contributed by atoms with van der Waals surface area (Å²) < 4.78 is 1.37. The van der Waals surface area contributed by atoms with Crippen LogP contribution in [0.3, 0.4) is 0 Å². The van der Waals surface area contributed by atoms with Gasteiger partial charge in [0.05, 0.1) is 16.9 Å². The van der Waals surface area contributed by atoms with Crippen molar-refractivity contribution in [2.45, 2.75) is 34.6 Å². The monoisotopic (exact) mass is 410 g/mol. The molecule has 0 aliphatic heterocycles. The maximum absolute atomic E-state index is 13.3. The normalized spacial score (nSPS) is 11.5. The molecule has 4 heteroatoms. The molecule has 31 heavy (non-hydrogen) atoms. The van der Waals surface area contributed by atoms with E-state index in [1.807, 2.05) is 64.1 Å². The van der Waals surface area contributed by atoms with Crippen LogP contribution in [0, 0.1) is 34.6 Å². The van der Waals surface area contributed by atoms with Crippen molar-refractivity contribution in [3.63, 3.8) is 0 Å². The van der Waals surface area contributed by atoms with Crippen LogP contribution in [0.25, 0.3) is 16.5 Å². The zero-order valence-corrected chi connectivity index (χ0v) is 18.5. The highest BCUT2D eigenvalue weighted by Crippen LogP contribution is 2.29. The van der Waals surface area contributed by atoms with Gasteiger partial charge < -0.3 is 5.11 Å². The van der Waals surface area contributed by atoms with E-state index < -0.39 is 0 Å². The number of pyridine rings is 1. The average Bonchev–Trinajstić information content (AvgIpc) is 2.72. The van der Waals surface area contributed by atoms with Gasteiger partial charge >= 0.3 is 0 Å². The van der Waals surface area contributed by atoms with E-state index in [-0.39, 0.29) is 11.4 Å². The van der Waals surface area contributed by atoms with Gasteiger partial charge in [-0.2, -0.15) is 0 Å². The third kappa shape index (κ3) is 3.66. The van der Waals surface area contributed by atoms with Crippen molar-refractivity contribution < 1.29 is 5.11 Å². The van der Waals surface area contributed by atoms with Crippen molar-refractivity contribution in [2.75, 3.05) is 0 Å². The molecular formula is C27H26N2O2. The van der Waals surface area contributed by atoms with E-state index in [4.69, 9.17) is 4.99 Å². The summed E-state index contributed by atoms with van der Waals surface area (Å²) in [6.07, 6.45) is 1.67. The van der Waals surface area contributed by atoms with E-state index in [0.717, 1.165) is 27.9 Å². The van der Waals surface area contributed by atoms with Gasteiger partial charge in [-0.1, -0.05) is 42.0 Å². The Labute approximate surface area is 182 Å². The van der Waals surface area contributed by atoms with Gasteiger partial charge in [-0.15, -0.1) is 0 Å². The van der Waals surface area contributed by atoms with Gasteiger partial charge in [0.25, 0.3) is 5.56 Å². The fourth-order valence-electron chi connectivity index (χ4n) is 4.10. The molecule has 0 amide bonds. The van der Waals surface area contributed by atoms with Crippen molar-refractivity contribution in [1.29, 1.82) is 0 Å². The quantitative estimate of drug-likeness (QED) is 0.422. The van der Waals surface area contributed by atoms with Gasteiger partial charge in [-0.05, 0) is 75.1 Å². The molecule has 0 bridgehead atoms. The summed E-state index contributed by atoms with van der Waals surface area (Å²) in [5.41, 5.74) is 7.28. The molecule has 1 aromatic heterocycles. The van der Waals surface area contributed by atoms with Crippen molar-refractivity contribution in [3.8, 4) is 11.6 Å². The van der Waals surface area contributed by atoms with Crippen LogP contribution in [0.2, 0.25) is 0 Å². The Balaban J connectivity index is 2.00. The topological polar surface area (TPSA) is 54.6 Å². The maximum atomic E-state index is 13.3. The van der Waals surface area contributed by atoms with Crippen LogP contribution in [0.5, 0.6) is 5.88 Å². The Kier molecular flexibility index (Phi) is 5.24. The second-order valence-corrected chi connectivity index (χ2v) is 8.20.